The molecule has 1 aromatic rings. The largest absolute Gasteiger partial charge is 0.481 e. The van der Waals surface area contributed by atoms with Crippen molar-refractivity contribution in [1.29, 1.82) is 0 Å². The molecule has 0 radical (unpaired) electrons. The second-order valence-electron chi connectivity index (χ2n) is 5.59. The summed E-state index contributed by atoms with van der Waals surface area (Å²) in [4.78, 5) is 4.25. The van der Waals surface area contributed by atoms with Gasteiger partial charge in [0, 0.05) is 12.1 Å². The number of hydrogen-bond donors (Lipinski definition) is 1. The number of pyridine rings is 1. The van der Waals surface area contributed by atoms with Crippen LogP contribution in [0.5, 0.6) is 5.88 Å². The lowest BCUT2D eigenvalue weighted by molar-refractivity contribution is 0.398. The number of rotatable bonds is 5. The Bertz CT molecular complexity index is 364. The van der Waals surface area contributed by atoms with E-state index in [9.17, 15) is 0 Å². The van der Waals surface area contributed by atoms with Crippen LogP contribution in [0.25, 0.3) is 0 Å². The first-order valence-electron chi connectivity index (χ1n) is 7.58. The molecule has 1 aliphatic carbocycles. The van der Waals surface area contributed by atoms with Crippen LogP contribution in [0.2, 0.25) is 0 Å². The fourth-order valence-electron chi connectivity index (χ4n) is 3.04. The third-order valence-electron chi connectivity index (χ3n) is 4.10. The van der Waals surface area contributed by atoms with Crippen LogP contribution in [-0.4, -0.2) is 18.1 Å². The monoisotopic (exact) mass is 262 g/mol. The number of nitrogens with zero attached hydrogens (tertiary/aromatic N) is 1. The van der Waals surface area contributed by atoms with Crippen LogP contribution in [0.3, 0.4) is 0 Å². The first-order valence-corrected chi connectivity index (χ1v) is 7.58. The maximum Gasteiger partial charge on any atom is 0.213 e. The standard InChI is InChI=1S/C16H26N2O/c1-3-5-13-6-4-7-14(9-8-13)18-15-10-11-16(19-2)17-12-15/h10-14,18H,3-9H2,1-2H3. The van der Waals surface area contributed by atoms with Crippen LogP contribution in [0.15, 0.2) is 18.3 Å². The third kappa shape index (κ3) is 4.41. The van der Waals surface area contributed by atoms with Crippen molar-refractivity contribution in [3.63, 3.8) is 0 Å². The summed E-state index contributed by atoms with van der Waals surface area (Å²) in [5.74, 6) is 1.63. The molecule has 0 aliphatic heterocycles. The molecule has 1 aliphatic rings. The molecule has 1 heterocycles. The summed E-state index contributed by atoms with van der Waals surface area (Å²) in [7, 11) is 1.65. The van der Waals surface area contributed by atoms with Gasteiger partial charge >= 0.3 is 0 Å². The van der Waals surface area contributed by atoms with Crippen molar-refractivity contribution in [3.05, 3.63) is 18.3 Å². The second-order valence-corrected chi connectivity index (χ2v) is 5.59. The summed E-state index contributed by atoms with van der Waals surface area (Å²) in [5, 5.41) is 3.62. The van der Waals surface area contributed by atoms with Crippen molar-refractivity contribution in [1.82, 2.24) is 4.98 Å². The molecule has 2 rings (SSSR count). The zero-order valence-corrected chi connectivity index (χ0v) is 12.2. The Morgan fingerprint density at radius 2 is 2.16 bits per heavy atom. The molecule has 3 heteroatoms. The molecule has 106 valence electrons. The molecule has 19 heavy (non-hydrogen) atoms. The van der Waals surface area contributed by atoms with E-state index in [1.54, 1.807) is 7.11 Å². The van der Waals surface area contributed by atoms with Gasteiger partial charge in [0.15, 0.2) is 0 Å². The van der Waals surface area contributed by atoms with Crippen LogP contribution in [-0.2, 0) is 0 Å². The summed E-state index contributed by atoms with van der Waals surface area (Å²) in [6.45, 7) is 2.30. The van der Waals surface area contributed by atoms with Gasteiger partial charge in [-0.2, -0.15) is 0 Å². The van der Waals surface area contributed by atoms with E-state index in [0.717, 1.165) is 11.6 Å². The van der Waals surface area contributed by atoms with Crippen molar-refractivity contribution in [2.24, 2.45) is 5.92 Å². The van der Waals surface area contributed by atoms with Crippen LogP contribution in [0, 0.1) is 5.92 Å². The molecule has 0 bridgehead atoms. The molecule has 1 aromatic heterocycles. The summed E-state index contributed by atoms with van der Waals surface area (Å²) in [6, 6.07) is 4.58. The van der Waals surface area contributed by atoms with Gasteiger partial charge in [-0.15, -0.1) is 0 Å². The number of nitrogens with one attached hydrogen (secondary N) is 1. The molecule has 2 unspecified atom stereocenters. The van der Waals surface area contributed by atoms with E-state index in [1.165, 1.54) is 44.9 Å². The van der Waals surface area contributed by atoms with Crippen LogP contribution < -0.4 is 10.1 Å². The smallest absolute Gasteiger partial charge is 0.213 e. The topological polar surface area (TPSA) is 34.1 Å². The SMILES string of the molecule is CCCC1CCCC(Nc2ccc(OC)nc2)CC1. The quantitative estimate of drug-likeness (QED) is 0.805. The van der Waals surface area contributed by atoms with Gasteiger partial charge in [-0.25, -0.2) is 4.98 Å². The van der Waals surface area contributed by atoms with Crippen molar-refractivity contribution in [2.75, 3.05) is 12.4 Å². The van der Waals surface area contributed by atoms with E-state index in [-0.39, 0.29) is 0 Å². The van der Waals surface area contributed by atoms with Crippen molar-refractivity contribution in [3.8, 4) is 5.88 Å². The van der Waals surface area contributed by atoms with Gasteiger partial charge in [0.25, 0.3) is 0 Å². The van der Waals surface area contributed by atoms with E-state index in [0.29, 0.717) is 11.9 Å². The molecule has 0 amide bonds. The molecule has 3 nitrogen and oxygen atoms in total. The van der Waals surface area contributed by atoms with Gasteiger partial charge in [-0.3, -0.25) is 0 Å². The minimum Gasteiger partial charge on any atom is -0.481 e. The molecule has 1 fully saturated rings. The second kappa shape index (κ2) is 7.37. The zero-order valence-electron chi connectivity index (χ0n) is 12.2. The number of methoxy groups -OCH3 is 1. The van der Waals surface area contributed by atoms with Gasteiger partial charge in [0.1, 0.15) is 0 Å². The third-order valence-corrected chi connectivity index (χ3v) is 4.10. The normalized spacial score (nSPS) is 23.7. The first-order chi connectivity index (χ1) is 9.31. The molecule has 0 saturated heterocycles. The molecular weight excluding hydrogens is 236 g/mol. The van der Waals surface area contributed by atoms with Crippen molar-refractivity contribution >= 4 is 5.69 Å². The van der Waals surface area contributed by atoms with Crippen molar-refractivity contribution in [2.45, 2.75) is 57.9 Å². The molecule has 1 N–H and O–H groups in total. The molecule has 2 atom stereocenters. The minimum atomic E-state index is 0.608. The predicted octanol–water partition coefficient (Wildman–Crippen LogP) is 4.25. The Morgan fingerprint density at radius 1 is 1.26 bits per heavy atom. The lowest BCUT2D eigenvalue weighted by atomic mass is 9.95. The number of hydrogen-bond acceptors (Lipinski definition) is 3. The Hall–Kier alpha value is -1.25. The summed E-state index contributed by atoms with van der Waals surface area (Å²) in [5.41, 5.74) is 1.11. The van der Waals surface area contributed by atoms with E-state index in [4.69, 9.17) is 4.74 Å². The Labute approximate surface area is 116 Å². The van der Waals surface area contributed by atoms with Gasteiger partial charge in [-0.05, 0) is 31.2 Å². The minimum absolute atomic E-state index is 0.608. The fourth-order valence-corrected chi connectivity index (χ4v) is 3.04. The Kier molecular flexibility index (Phi) is 5.49. The van der Waals surface area contributed by atoms with E-state index in [1.807, 2.05) is 12.3 Å². The van der Waals surface area contributed by atoms with Gasteiger partial charge in [0.05, 0.1) is 19.0 Å². The highest BCUT2D eigenvalue weighted by atomic mass is 16.5. The van der Waals surface area contributed by atoms with Gasteiger partial charge in [-0.1, -0.05) is 32.6 Å². The molecule has 1 saturated carbocycles. The first kappa shape index (κ1) is 14.2. The molecule has 0 aromatic carbocycles. The van der Waals surface area contributed by atoms with Gasteiger partial charge in [0.2, 0.25) is 5.88 Å². The predicted molar refractivity (Wildman–Crippen MR) is 79.7 cm³/mol. The van der Waals surface area contributed by atoms with E-state index in [2.05, 4.69) is 23.3 Å². The number of ether oxygens (including phenoxy) is 1. The zero-order chi connectivity index (χ0) is 13.5. The summed E-state index contributed by atoms with van der Waals surface area (Å²) in [6.07, 6.45) is 11.3. The Morgan fingerprint density at radius 3 is 2.84 bits per heavy atom. The molecule has 0 spiro atoms. The number of anilines is 1. The lowest BCUT2D eigenvalue weighted by Gasteiger charge is -2.18. The van der Waals surface area contributed by atoms with Crippen LogP contribution in [0.4, 0.5) is 5.69 Å². The lowest BCUT2D eigenvalue weighted by Crippen LogP contribution is -2.18. The van der Waals surface area contributed by atoms with E-state index < -0.39 is 0 Å². The average molecular weight is 262 g/mol. The van der Waals surface area contributed by atoms with Crippen molar-refractivity contribution < 1.29 is 4.74 Å². The summed E-state index contributed by atoms with van der Waals surface area (Å²) < 4.78 is 5.08. The van der Waals surface area contributed by atoms with Gasteiger partial charge < -0.3 is 10.1 Å². The maximum atomic E-state index is 5.08. The molecular formula is C16H26N2O. The fraction of sp³-hybridized carbons (Fsp3) is 0.688. The number of aromatic nitrogens is 1. The highest BCUT2D eigenvalue weighted by molar-refractivity contribution is 5.42. The van der Waals surface area contributed by atoms with Crippen LogP contribution in [0.1, 0.15) is 51.9 Å². The average Bonchev–Trinajstić information content (AvgIpc) is 2.66. The maximum absolute atomic E-state index is 5.08. The summed E-state index contributed by atoms with van der Waals surface area (Å²) >= 11 is 0. The highest BCUT2D eigenvalue weighted by Crippen LogP contribution is 2.28. The Balaban J connectivity index is 1.84. The van der Waals surface area contributed by atoms with E-state index >= 15 is 0 Å². The highest BCUT2D eigenvalue weighted by Gasteiger charge is 2.18. The van der Waals surface area contributed by atoms with Crippen LogP contribution >= 0.6 is 0 Å².